The van der Waals surface area contributed by atoms with Crippen LogP contribution in [0.15, 0.2) is 30.5 Å². The lowest BCUT2D eigenvalue weighted by molar-refractivity contribution is -0.137. The molecule has 2 aromatic rings. The standard InChI is InChI=1S/C13H5Cl3F3NO/c14-9-2-1-6(3-8(9)12(16)21)11-10(15)4-7(5-20-11)13(17,18)19/h1-5H. The molecule has 0 aliphatic heterocycles. The number of nitrogens with zero attached hydrogens (tertiary/aromatic N) is 1. The smallest absolute Gasteiger partial charge is 0.276 e. The molecule has 0 unspecified atom stereocenters. The SMILES string of the molecule is O=C(Cl)c1cc(-c2ncc(C(F)(F)F)cc2Cl)ccc1Cl. The molecule has 0 N–H and O–H groups in total. The molecule has 0 atom stereocenters. The summed E-state index contributed by atoms with van der Waals surface area (Å²) in [7, 11) is 0. The maximum atomic E-state index is 12.5. The first-order valence-electron chi connectivity index (χ1n) is 5.42. The fraction of sp³-hybridized carbons (Fsp3) is 0.0769. The van der Waals surface area contributed by atoms with Crippen LogP contribution in [0, 0.1) is 0 Å². The van der Waals surface area contributed by atoms with Gasteiger partial charge in [0.05, 0.1) is 26.9 Å². The van der Waals surface area contributed by atoms with E-state index in [-0.39, 0.29) is 21.3 Å². The minimum atomic E-state index is -4.54. The molecule has 0 saturated carbocycles. The van der Waals surface area contributed by atoms with E-state index >= 15 is 0 Å². The van der Waals surface area contributed by atoms with Crippen molar-refractivity contribution in [3.05, 3.63) is 51.6 Å². The zero-order valence-electron chi connectivity index (χ0n) is 10.0. The molecule has 0 aliphatic rings. The lowest BCUT2D eigenvalue weighted by Crippen LogP contribution is -2.05. The Bertz CT molecular complexity index is 716. The number of aromatic nitrogens is 1. The van der Waals surface area contributed by atoms with Crippen molar-refractivity contribution in [2.75, 3.05) is 0 Å². The number of hydrogen-bond acceptors (Lipinski definition) is 2. The van der Waals surface area contributed by atoms with Gasteiger partial charge in [-0.25, -0.2) is 0 Å². The second-order valence-corrected chi connectivity index (χ2v) is 5.18. The van der Waals surface area contributed by atoms with Crippen molar-refractivity contribution in [1.29, 1.82) is 0 Å². The largest absolute Gasteiger partial charge is 0.417 e. The molecule has 0 bridgehead atoms. The van der Waals surface area contributed by atoms with Gasteiger partial charge in [0.2, 0.25) is 0 Å². The summed E-state index contributed by atoms with van der Waals surface area (Å²) in [5, 5.41) is -0.855. The molecule has 110 valence electrons. The number of benzene rings is 1. The molecule has 1 aromatic heterocycles. The van der Waals surface area contributed by atoms with Crippen molar-refractivity contribution < 1.29 is 18.0 Å². The van der Waals surface area contributed by atoms with Gasteiger partial charge in [0.25, 0.3) is 5.24 Å². The summed E-state index contributed by atoms with van der Waals surface area (Å²) in [6.45, 7) is 0. The molecule has 21 heavy (non-hydrogen) atoms. The fourth-order valence-electron chi connectivity index (χ4n) is 1.63. The third-order valence-electron chi connectivity index (χ3n) is 2.62. The number of hydrogen-bond donors (Lipinski definition) is 0. The van der Waals surface area contributed by atoms with E-state index in [1.165, 1.54) is 18.2 Å². The van der Waals surface area contributed by atoms with Crippen molar-refractivity contribution in [3.63, 3.8) is 0 Å². The quantitative estimate of drug-likeness (QED) is 0.671. The van der Waals surface area contributed by atoms with Gasteiger partial charge in [-0.15, -0.1) is 0 Å². The van der Waals surface area contributed by atoms with Crippen molar-refractivity contribution in [3.8, 4) is 11.3 Å². The Labute approximate surface area is 132 Å². The summed E-state index contributed by atoms with van der Waals surface area (Å²) >= 11 is 17.0. The first-order chi connectivity index (χ1) is 9.70. The number of alkyl halides is 3. The molecule has 0 aliphatic carbocycles. The van der Waals surface area contributed by atoms with Gasteiger partial charge in [0, 0.05) is 11.8 Å². The highest BCUT2D eigenvalue weighted by Gasteiger charge is 2.31. The second kappa shape index (κ2) is 5.83. The summed E-state index contributed by atoms with van der Waals surface area (Å²) < 4.78 is 37.6. The van der Waals surface area contributed by atoms with Gasteiger partial charge in [0.1, 0.15) is 0 Å². The Balaban J connectivity index is 2.53. The zero-order valence-corrected chi connectivity index (χ0v) is 12.3. The summed E-state index contributed by atoms with van der Waals surface area (Å²) in [6.07, 6.45) is -3.87. The van der Waals surface area contributed by atoms with Gasteiger partial charge in [-0.05, 0) is 29.8 Å². The average molecular weight is 355 g/mol. The van der Waals surface area contributed by atoms with E-state index in [4.69, 9.17) is 34.8 Å². The highest BCUT2D eigenvalue weighted by molar-refractivity contribution is 6.68. The molecular weight excluding hydrogens is 350 g/mol. The molecule has 8 heteroatoms. The van der Waals surface area contributed by atoms with Gasteiger partial charge in [-0.3, -0.25) is 9.78 Å². The first-order valence-corrected chi connectivity index (χ1v) is 6.56. The van der Waals surface area contributed by atoms with Crippen LogP contribution in [0.5, 0.6) is 0 Å². The highest BCUT2D eigenvalue weighted by atomic mass is 35.5. The molecule has 1 heterocycles. The Hall–Kier alpha value is -1.30. The maximum absolute atomic E-state index is 12.5. The van der Waals surface area contributed by atoms with Crippen molar-refractivity contribution >= 4 is 40.0 Å². The lowest BCUT2D eigenvalue weighted by atomic mass is 10.1. The van der Waals surface area contributed by atoms with Gasteiger partial charge in [0.15, 0.2) is 0 Å². The molecule has 0 saturated heterocycles. The topological polar surface area (TPSA) is 30.0 Å². The molecule has 2 nitrogen and oxygen atoms in total. The molecule has 1 aromatic carbocycles. The van der Waals surface area contributed by atoms with Crippen LogP contribution in [0.3, 0.4) is 0 Å². The Kier molecular flexibility index (Phi) is 4.46. The van der Waals surface area contributed by atoms with Gasteiger partial charge < -0.3 is 0 Å². The zero-order chi connectivity index (χ0) is 15.8. The van der Waals surface area contributed by atoms with Gasteiger partial charge in [-0.2, -0.15) is 13.2 Å². The molecular formula is C13H5Cl3F3NO. The molecule has 0 spiro atoms. The van der Waals surface area contributed by atoms with Crippen LogP contribution in [0.1, 0.15) is 15.9 Å². The first kappa shape index (κ1) is 16.1. The van der Waals surface area contributed by atoms with Crippen molar-refractivity contribution in [2.24, 2.45) is 0 Å². The van der Waals surface area contributed by atoms with Gasteiger partial charge in [-0.1, -0.05) is 29.3 Å². The lowest BCUT2D eigenvalue weighted by Gasteiger charge is -2.10. The minimum Gasteiger partial charge on any atom is -0.276 e. The average Bonchev–Trinajstić information content (AvgIpc) is 2.38. The van der Waals surface area contributed by atoms with E-state index < -0.39 is 17.0 Å². The number of halogens is 6. The molecule has 0 amide bonds. The van der Waals surface area contributed by atoms with Crippen LogP contribution in [0.2, 0.25) is 10.0 Å². The van der Waals surface area contributed by atoms with Crippen LogP contribution in [-0.2, 0) is 6.18 Å². The fourth-order valence-corrected chi connectivity index (χ4v) is 2.31. The normalized spacial score (nSPS) is 11.5. The van der Waals surface area contributed by atoms with E-state index in [9.17, 15) is 18.0 Å². The minimum absolute atomic E-state index is 0.0218. The predicted octanol–water partition coefficient (Wildman–Crippen LogP) is 5.45. The van der Waals surface area contributed by atoms with E-state index in [0.29, 0.717) is 11.8 Å². The summed E-state index contributed by atoms with van der Waals surface area (Å²) in [5.74, 6) is 0. The monoisotopic (exact) mass is 353 g/mol. The number of carbonyl (C=O) groups excluding carboxylic acids is 1. The highest BCUT2D eigenvalue weighted by Crippen LogP contribution is 2.35. The number of rotatable bonds is 2. The van der Waals surface area contributed by atoms with Crippen LogP contribution >= 0.6 is 34.8 Å². The Morgan fingerprint density at radius 1 is 1.10 bits per heavy atom. The predicted molar refractivity (Wildman–Crippen MR) is 74.9 cm³/mol. The van der Waals surface area contributed by atoms with E-state index in [1.54, 1.807) is 0 Å². The second-order valence-electron chi connectivity index (χ2n) is 4.02. The number of pyridine rings is 1. The van der Waals surface area contributed by atoms with Gasteiger partial charge >= 0.3 is 6.18 Å². The maximum Gasteiger partial charge on any atom is 0.417 e. The summed E-state index contributed by atoms with van der Waals surface area (Å²) in [6, 6.07) is 4.95. The summed E-state index contributed by atoms with van der Waals surface area (Å²) in [5.41, 5.74) is -0.505. The third kappa shape index (κ3) is 3.48. The Morgan fingerprint density at radius 2 is 1.76 bits per heavy atom. The summed E-state index contributed by atoms with van der Waals surface area (Å²) in [4.78, 5) is 14.9. The Morgan fingerprint density at radius 3 is 2.29 bits per heavy atom. The molecule has 2 rings (SSSR count). The van der Waals surface area contributed by atoms with Crippen molar-refractivity contribution in [2.45, 2.75) is 6.18 Å². The third-order valence-corrected chi connectivity index (χ3v) is 3.44. The number of carbonyl (C=O) groups is 1. The molecule has 0 fully saturated rings. The van der Waals surface area contributed by atoms with Crippen LogP contribution in [0.4, 0.5) is 13.2 Å². The van der Waals surface area contributed by atoms with E-state index in [2.05, 4.69) is 4.98 Å². The molecule has 0 radical (unpaired) electrons. The van der Waals surface area contributed by atoms with Crippen LogP contribution in [-0.4, -0.2) is 10.2 Å². The van der Waals surface area contributed by atoms with Crippen molar-refractivity contribution in [1.82, 2.24) is 4.98 Å². The van der Waals surface area contributed by atoms with Crippen LogP contribution < -0.4 is 0 Å². The van der Waals surface area contributed by atoms with E-state index in [0.717, 1.165) is 6.07 Å². The van der Waals surface area contributed by atoms with E-state index in [1.807, 2.05) is 0 Å². The van der Waals surface area contributed by atoms with Crippen LogP contribution in [0.25, 0.3) is 11.3 Å².